The zero-order valence-corrected chi connectivity index (χ0v) is 10.9. The topological polar surface area (TPSA) is 46.5 Å². The highest BCUT2D eigenvalue weighted by molar-refractivity contribution is 7.90. The molecule has 1 aromatic carbocycles. The predicted octanol–water partition coefficient (Wildman–Crippen LogP) is 2.80. The van der Waals surface area contributed by atoms with Crippen molar-refractivity contribution in [1.29, 1.82) is 0 Å². The molecule has 0 fully saturated rings. The van der Waals surface area contributed by atoms with Gasteiger partial charge in [-0.2, -0.15) is 12.8 Å². The summed E-state index contributed by atoms with van der Waals surface area (Å²) in [4.78, 5) is 0.248. The third-order valence-corrected chi connectivity index (χ3v) is 3.81. The first-order valence-electron chi connectivity index (χ1n) is 5.21. The van der Waals surface area contributed by atoms with Crippen LogP contribution in [-0.2, 0) is 10.0 Å². The van der Waals surface area contributed by atoms with Gasteiger partial charge in [0.2, 0.25) is 0 Å². The van der Waals surface area contributed by atoms with Crippen molar-refractivity contribution in [3.63, 3.8) is 0 Å². The molecule has 0 amide bonds. The smallest absolute Gasteiger partial charge is 0.199 e. The average molecular weight is 239 g/mol. The Morgan fingerprint density at radius 3 is 2.12 bits per heavy atom. The van der Waals surface area contributed by atoms with Gasteiger partial charge in [0.15, 0.2) is 0 Å². The minimum absolute atomic E-state index is 0.139. The van der Waals surface area contributed by atoms with Gasteiger partial charge in [-0.05, 0) is 31.9 Å². The van der Waals surface area contributed by atoms with Gasteiger partial charge in [0.05, 0.1) is 4.90 Å². The van der Waals surface area contributed by atoms with Crippen LogP contribution in [-0.4, -0.2) is 14.1 Å². The molecule has 0 saturated carbocycles. The van der Waals surface area contributed by atoms with E-state index in [0.717, 1.165) is 5.56 Å². The molecule has 3 nitrogen and oxygen atoms in total. The van der Waals surface area contributed by atoms with Crippen molar-refractivity contribution in [2.45, 2.75) is 32.6 Å². The lowest BCUT2D eigenvalue weighted by Crippen LogP contribution is -2.07. The summed E-state index contributed by atoms with van der Waals surface area (Å²) in [5, 5.41) is 0. The summed E-state index contributed by atoms with van der Waals surface area (Å²) < 4.78 is 27.5. The minimum Gasteiger partial charge on any atom is -0.199 e. The first-order valence-corrected chi connectivity index (χ1v) is 6.65. The SMILES string of the molecule is C/C(=N\S(=O)(=O)c1ccc(C)cc1)C(C)C. The molecule has 0 unspecified atom stereocenters. The zero-order valence-electron chi connectivity index (χ0n) is 10.1. The molecule has 16 heavy (non-hydrogen) atoms. The number of hydrogen-bond acceptors (Lipinski definition) is 2. The standard InChI is InChI=1S/C12H17NO2S/c1-9(2)11(4)13-16(14,15)12-7-5-10(3)6-8-12/h5-9H,1-4H3/b13-11+. The molecule has 0 spiro atoms. The number of benzene rings is 1. The highest BCUT2D eigenvalue weighted by Crippen LogP contribution is 2.14. The number of rotatable bonds is 3. The van der Waals surface area contributed by atoms with Crippen LogP contribution < -0.4 is 0 Å². The first-order chi connectivity index (χ1) is 7.33. The number of hydrogen-bond donors (Lipinski definition) is 0. The molecule has 1 rings (SSSR count). The Hall–Kier alpha value is -1.16. The Morgan fingerprint density at radius 2 is 1.69 bits per heavy atom. The van der Waals surface area contributed by atoms with E-state index in [-0.39, 0.29) is 10.8 Å². The number of nitrogens with zero attached hydrogens (tertiary/aromatic N) is 1. The third kappa shape index (κ3) is 3.17. The molecule has 88 valence electrons. The quantitative estimate of drug-likeness (QED) is 0.761. The number of sulfonamides is 1. The largest absolute Gasteiger partial charge is 0.282 e. The summed E-state index contributed by atoms with van der Waals surface area (Å²) in [5.74, 6) is 0.139. The second kappa shape index (κ2) is 4.78. The molecule has 1 aromatic rings. The van der Waals surface area contributed by atoms with Crippen LogP contribution in [0.25, 0.3) is 0 Å². The van der Waals surface area contributed by atoms with Gasteiger partial charge < -0.3 is 0 Å². The van der Waals surface area contributed by atoms with E-state index in [1.807, 2.05) is 20.8 Å². The Bertz CT molecular complexity index is 484. The fraction of sp³-hybridized carbons (Fsp3) is 0.417. The van der Waals surface area contributed by atoms with Crippen LogP contribution in [0, 0.1) is 12.8 Å². The number of aryl methyl sites for hydroxylation is 1. The van der Waals surface area contributed by atoms with Crippen LogP contribution >= 0.6 is 0 Å². The van der Waals surface area contributed by atoms with E-state index in [0.29, 0.717) is 5.71 Å². The van der Waals surface area contributed by atoms with E-state index in [4.69, 9.17) is 0 Å². The third-order valence-electron chi connectivity index (χ3n) is 2.42. The molecular formula is C12H17NO2S. The molecule has 0 aliphatic rings. The van der Waals surface area contributed by atoms with Crippen LogP contribution in [0.4, 0.5) is 0 Å². The van der Waals surface area contributed by atoms with Gasteiger partial charge in [-0.3, -0.25) is 0 Å². The Labute approximate surface area is 97.3 Å². The van der Waals surface area contributed by atoms with Gasteiger partial charge in [0, 0.05) is 5.71 Å². The maximum Gasteiger partial charge on any atom is 0.282 e. The lowest BCUT2D eigenvalue weighted by Gasteiger charge is -2.04. The Kier molecular flexibility index (Phi) is 3.86. The normalized spacial score (nSPS) is 13.2. The molecule has 0 aliphatic heterocycles. The zero-order chi connectivity index (χ0) is 12.3. The van der Waals surface area contributed by atoms with Gasteiger partial charge >= 0.3 is 0 Å². The van der Waals surface area contributed by atoms with Crippen LogP contribution in [0.15, 0.2) is 33.6 Å². The maximum absolute atomic E-state index is 11.9. The van der Waals surface area contributed by atoms with Crippen molar-refractivity contribution >= 4 is 15.7 Å². The maximum atomic E-state index is 11.9. The van der Waals surface area contributed by atoms with Gasteiger partial charge in [0.1, 0.15) is 0 Å². The van der Waals surface area contributed by atoms with E-state index >= 15 is 0 Å². The fourth-order valence-corrected chi connectivity index (χ4v) is 2.23. The van der Waals surface area contributed by atoms with E-state index in [1.54, 1.807) is 31.2 Å². The lowest BCUT2D eigenvalue weighted by molar-refractivity contribution is 0.597. The molecule has 4 heteroatoms. The van der Waals surface area contributed by atoms with Crippen molar-refractivity contribution in [2.75, 3.05) is 0 Å². The molecule has 0 radical (unpaired) electrons. The molecule has 0 heterocycles. The summed E-state index contributed by atoms with van der Waals surface area (Å²) in [6.07, 6.45) is 0. The van der Waals surface area contributed by atoms with E-state index in [2.05, 4.69) is 4.40 Å². The van der Waals surface area contributed by atoms with E-state index < -0.39 is 10.0 Å². The second-order valence-corrected chi connectivity index (χ2v) is 5.78. The summed E-state index contributed by atoms with van der Waals surface area (Å²) in [6, 6.07) is 6.71. The van der Waals surface area contributed by atoms with E-state index in [9.17, 15) is 8.42 Å². The minimum atomic E-state index is -3.53. The van der Waals surface area contributed by atoms with E-state index in [1.165, 1.54) is 0 Å². The predicted molar refractivity (Wildman–Crippen MR) is 66.3 cm³/mol. The molecular weight excluding hydrogens is 222 g/mol. The molecule has 0 bridgehead atoms. The molecule has 0 aliphatic carbocycles. The Balaban J connectivity index is 3.13. The van der Waals surface area contributed by atoms with Crippen molar-refractivity contribution < 1.29 is 8.42 Å². The fourth-order valence-electron chi connectivity index (χ4n) is 1.06. The van der Waals surface area contributed by atoms with Gasteiger partial charge in [-0.15, -0.1) is 0 Å². The van der Waals surface area contributed by atoms with Crippen LogP contribution in [0.3, 0.4) is 0 Å². The lowest BCUT2D eigenvalue weighted by atomic mass is 10.1. The summed E-state index contributed by atoms with van der Waals surface area (Å²) in [5.41, 5.74) is 1.66. The monoisotopic (exact) mass is 239 g/mol. The molecule has 0 saturated heterocycles. The highest BCUT2D eigenvalue weighted by Gasteiger charge is 2.13. The van der Waals surface area contributed by atoms with Crippen molar-refractivity contribution in [3.05, 3.63) is 29.8 Å². The highest BCUT2D eigenvalue weighted by atomic mass is 32.2. The van der Waals surface area contributed by atoms with Gasteiger partial charge in [-0.1, -0.05) is 31.5 Å². The van der Waals surface area contributed by atoms with Gasteiger partial charge in [0.25, 0.3) is 10.0 Å². The summed E-state index contributed by atoms with van der Waals surface area (Å²) in [7, 11) is -3.53. The van der Waals surface area contributed by atoms with Crippen molar-refractivity contribution in [1.82, 2.24) is 0 Å². The molecule has 0 N–H and O–H groups in total. The van der Waals surface area contributed by atoms with Gasteiger partial charge in [-0.25, -0.2) is 0 Å². The van der Waals surface area contributed by atoms with Crippen LogP contribution in [0.5, 0.6) is 0 Å². The van der Waals surface area contributed by atoms with Crippen molar-refractivity contribution in [3.8, 4) is 0 Å². The molecule has 0 aromatic heterocycles. The van der Waals surface area contributed by atoms with Crippen LogP contribution in [0.2, 0.25) is 0 Å². The summed E-state index contributed by atoms with van der Waals surface area (Å²) >= 11 is 0. The first kappa shape index (κ1) is 12.9. The Morgan fingerprint density at radius 1 is 1.19 bits per heavy atom. The van der Waals surface area contributed by atoms with Crippen molar-refractivity contribution in [2.24, 2.45) is 10.3 Å². The molecule has 0 atom stereocenters. The summed E-state index contributed by atoms with van der Waals surface area (Å²) in [6.45, 7) is 7.49. The van der Waals surface area contributed by atoms with Crippen LogP contribution in [0.1, 0.15) is 26.3 Å². The average Bonchev–Trinajstić information content (AvgIpc) is 2.17. The second-order valence-electron chi connectivity index (χ2n) is 4.18.